The number of rotatable bonds is 3. The first kappa shape index (κ1) is 10.3. The number of nitrogens with zero attached hydrogens (tertiary/aromatic N) is 2. The Morgan fingerprint density at radius 2 is 2.40 bits per heavy atom. The zero-order valence-electron chi connectivity index (χ0n) is 8.11. The van der Waals surface area contributed by atoms with Gasteiger partial charge in [-0.05, 0) is 18.6 Å². The van der Waals surface area contributed by atoms with Gasteiger partial charge < -0.3 is 0 Å². The maximum atomic E-state index is 11.3. The van der Waals surface area contributed by atoms with E-state index in [1.54, 1.807) is 11.3 Å². The summed E-state index contributed by atoms with van der Waals surface area (Å²) in [5.74, 6) is 0. The SMILES string of the molecule is CCc1cnc(Cn2c(=O)[nH][nH]c2=S)s1. The molecule has 0 aliphatic heterocycles. The summed E-state index contributed by atoms with van der Waals surface area (Å²) >= 11 is 6.56. The molecule has 0 amide bonds. The fourth-order valence-electron chi connectivity index (χ4n) is 1.20. The summed E-state index contributed by atoms with van der Waals surface area (Å²) in [5, 5.41) is 5.92. The van der Waals surface area contributed by atoms with Crippen LogP contribution >= 0.6 is 23.6 Å². The second-order valence-corrected chi connectivity index (χ2v) is 4.61. The molecule has 2 aromatic rings. The Labute approximate surface area is 94.8 Å². The molecule has 0 unspecified atom stereocenters. The highest BCUT2D eigenvalue weighted by molar-refractivity contribution is 7.71. The molecule has 2 heterocycles. The zero-order chi connectivity index (χ0) is 10.8. The quantitative estimate of drug-likeness (QED) is 0.797. The molecule has 0 fully saturated rings. The van der Waals surface area contributed by atoms with E-state index in [1.807, 2.05) is 6.20 Å². The second kappa shape index (κ2) is 4.11. The van der Waals surface area contributed by atoms with Gasteiger partial charge in [0.2, 0.25) is 0 Å². The normalized spacial score (nSPS) is 10.7. The van der Waals surface area contributed by atoms with E-state index < -0.39 is 0 Å². The lowest BCUT2D eigenvalue weighted by atomic mass is 10.4. The van der Waals surface area contributed by atoms with Crippen molar-refractivity contribution in [2.75, 3.05) is 0 Å². The van der Waals surface area contributed by atoms with E-state index >= 15 is 0 Å². The molecule has 2 rings (SSSR count). The lowest BCUT2D eigenvalue weighted by Crippen LogP contribution is -2.17. The summed E-state index contributed by atoms with van der Waals surface area (Å²) in [6, 6.07) is 0. The summed E-state index contributed by atoms with van der Waals surface area (Å²) in [6.07, 6.45) is 2.80. The third-order valence-electron chi connectivity index (χ3n) is 2.01. The van der Waals surface area contributed by atoms with E-state index in [0.29, 0.717) is 11.3 Å². The number of aromatic amines is 2. The minimum atomic E-state index is -0.228. The molecule has 7 heteroatoms. The summed E-state index contributed by atoms with van der Waals surface area (Å²) in [5.41, 5.74) is -0.228. The maximum absolute atomic E-state index is 11.3. The van der Waals surface area contributed by atoms with Crippen LogP contribution in [0.4, 0.5) is 0 Å². The van der Waals surface area contributed by atoms with Crippen molar-refractivity contribution in [3.8, 4) is 0 Å². The van der Waals surface area contributed by atoms with E-state index in [0.717, 1.165) is 11.4 Å². The van der Waals surface area contributed by atoms with Gasteiger partial charge in [0.05, 0.1) is 6.54 Å². The molecule has 0 saturated carbocycles. The second-order valence-electron chi connectivity index (χ2n) is 3.02. The average Bonchev–Trinajstić information content (AvgIpc) is 2.80. The van der Waals surface area contributed by atoms with Crippen LogP contribution in [0.5, 0.6) is 0 Å². The third kappa shape index (κ3) is 2.07. The molecule has 5 nitrogen and oxygen atoms in total. The number of nitrogens with one attached hydrogen (secondary N) is 2. The van der Waals surface area contributed by atoms with Gasteiger partial charge in [0, 0.05) is 11.1 Å². The largest absolute Gasteiger partial charge is 0.342 e. The van der Waals surface area contributed by atoms with Crippen LogP contribution in [0.25, 0.3) is 0 Å². The highest BCUT2D eigenvalue weighted by Crippen LogP contribution is 2.13. The van der Waals surface area contributed by atoms with Crippen molar-refractivity contribution in [3.63, 3.8) is 0 Å². The third-order valence-corrected chi connectivity index (χ3v) is 3.46. The van der Waals surface area contributed by atoms with E-state index in [9.17, 15) is 4.79 Å². The molecule has 0 aliphatic rings. The van der Waals surface area contributed by atoms with Gasteiger partial charge in [0.15, 0.2) is 4.77 Å². The molecular formula is C8H10N4OS2. The Morgan fingerprint density at radius 3 is 2.93 bits per heavy atom. The standard InChI is InChI=1S/C8H10N4OS2/c1-2-5-3-9-6(15-5)4-12-7(13)10-11-8(12)14/h3H,2,4H2,1H3,(H,10,13)(H,11,14). The fraction of sp³-hybridized carbons (Fsp3) is 0.375. The van der Waals surface area contributed by atoms with Crippen molar-refractivity contribution >= 4 is 23.6 Å². The predicted octanol–water partition coefficient (Wildman–Crippen LogP) is 1.30. The monoisotopic (exact) mass is 242 g/mol. The van der Waals surface area contributed by atoms with Gasteiger partial charge in [-0.25, -0.2) is 14.9 Å². The molecule has 0 saturated heterocycles. The van der Waals surface area contributed by atoms with Gasteiger partial charge in [-0.3, -0.25) is 9.67 Å². The highest BCUT2D eigenvalue weighted by atomic mass is 32.1. The van der Waals surface area contributed by atoms with Crippen LogP contribution in [0.1, 0.15) is 16.8 Å². The van der Waals surface area contributed by atoms with Crippen LogP contribution < -0.4 is 5.69 Å². The van der Waals surface area contributed by atoms with Crippen molar-refractivity contribution in [1.82, 2.24) is 19.7 Å². The Hall–Kier alpha value is -1.21. The van der Waals surface area contributed by atoms with E-state index in [-0.39, 0.29) is 5.69 Å². The molecule has 0 spiro atoms. The van der Waals surface area contributed by atoms with Gasteiger partial charge >= 0.3 is 5.69 Å². The molecule has 0 aliphatic carbocycles. The van der Waals surface area contributed by atoms with Gasteiger partial charge in [0.1, 0.15) is 5.01 Å². The molecule has 15 heavy (non-hydrogen) atoms. The molecule has 0 radical (unpaired) electrons. The summed E-state index contributed by atoms with van der Waals surface area (Å²) in [6.45, 7) is 2.51. The molecule has 0 bridgehead atoms. The lowest BCUT2D eigenvalue weighted by molar-refractivity contribution is 0.746. The molecule has 0 aromatic carbocycles. The number of aromatic nitrogens is 4. The first-order valence-electron chi connectivity index (χ1n) is 4.51. The number of hydrogen-bond donors (Lipinski definition) is 2. The zero-order valence-corrected chi connectivity index (χ0v) is 9.74. The molecule has 2 N–H and O–H groups in total. The van der Waals surface area contributed by atoms with Crippen molar-refractivity contribution in [2.45, 2.75) is 19.9 Å². The highest BCUT2D eigenvalue weighted by Gasteiger charge is 2.05. The lowest BCUT2D eigenvalue weighted by Gasteiger charge is -1.94. The van der Waals surface area contributed by atoms with Crippen molar-refractivity contribution in [2.24, 2.45) is 0 Å². The smallest absolute Gasteiger partial charge is 0.272 e. The van der Waals surface area contributed by atoms with Gasteiger partial charge in [0.25, 0.3) is 0 Å². The molecule has 80 valence electrons. The number of aryl methyl sites for hydroxylation is 1. The average molecular weight is 242 g/mol. The predicted molar refractivity (Wildman–Crippen MR) is 60.8 cm³/mol. The first-order valence-corrected chi connectivity index (χ1v) is 5.74. The van der Waals surface area contributed by atoms with Crippen LogP contribution in [-0.4, -0.2) is 19.7 Å². The Bertz CT molecular complexity index is 534. The topological polar surface area (TPSA) is 66.5 Å². The Kier molecular flexibility index (Phi) is 2.83. The number of hydrogen-bond acceptors (Lipinski definition) is 4. The summed E-state index contributed by atoms with van der Waals surface area (Å²) < 4.78 is 1.85. The molecular weight excluding hydrogens is 232 g/mol. The van der Waals surface area contributed by atoms with Crippen molar-refractivity contribution < 1.29 is 0 Å². The van der Waals surface area contributed by atoms with Crippen LogP contribution in [0.15, 0.2) is 11.0 Å². The number of thiazole rings is 1. The summed E-state index contributed by atoms with van der Waals surface area (Å²) in [7, 11) is 0. The van der Waals surface area contributed by atoms with E-state index in [1.165, 1.54) is 9.44 Å². The van der Waals surface area contributed by atoms with Crippen LogP contribution in [0.2, 0.25) is 0 Å². The number of H-pyrrole nitrogens is 2. The van der Waals surface area contributed by atoms with Crippen LogP contribution in [-0.2, 0) is 13.0 Å². The van der Waals surface area contributed by atoms with Gasteiger partial charge in [-0.2, -0.15) is 0 Å². The van der Waals surface area contributed by atoms with E-state index in [2.05, 4.69) is 22.1 Å². The minimum Gasteiger partial charge on any atom is -0.272 e. The van der Waals surface area contributed by atoms with E-state index in [4.69, 9.17) is 12.2 Å². The Morgan fingerprint density at radius 1 is 1.60 bits per heavy atom. The first-order chi connectivity index (χ1) is 7.20. The fourth-order valence-corrected chi connectivity index (χ4v) is 2.25. The van der Waals surface area contributed by atoms with Gasteiger partial charge in [-0.15, -0.1) is 11.3 Å². The Balaban J connectivity index is 2.29. The van der Waals surface area contributed by atoms with Crippen LogP contribution in [0, 0.1) is 4.77 Å². The molecule has 0 atom stereocenters. The van der Waals surface area contributed by atoms with Gasteiger partial charge in [-0.1, -0.05) is 6.92 Å². The summed E-state index contributed by atoms with van der Waals surface area (Å²) in [4.78, 5) is 16.7. The van der Waals surface area contributed by atoms with Crippen molar-refractivity contribution in [1.29, 1.82) is 0 Å². The van der Waals surface area contributed by atoms with Crippen LogP contribution in [0.3, 0.4) is 0 Å². The molecule has 2 aromatic heterocycles. The minimum absolute atomic E-state index is 0.228. The maximum Gasteiger partial charge on any atom is 0.342 e. The van der Waals surface area contributed by atoms with Crippen molar-refractivity contribution in [3.05, 3.63) is 31.3 Å².